The molecule has 13 heterocycles. The van der Waals surface area contributed by atoms with Crippen molar-refractivity contribution in [2.45, 2.75) is 277 Å². The number of nitriles is 1. The molecule has 27 heteroatoms. The number of rotatable bonds is 15. The van der Waals surface area contributed by atoms with Gasteiger partial charge in [-0.2, -0.15) is 5.26 Å². The number of phenolic OH excluding ortho intramolecular Hbond substituents is 4. The first kappa shape index (κ1) is 92.9. The van der Waals surface area contributed by atoms with Crippen LogP contribution in [0, 0.1) is 32.1 Å². The highest BCUT2D eigenvalue weighted by molar-refractivity contribution is 5.98. The molecule has 1 saturated carbocycles. The van der Waals surface area contributed by atoms with Gasteiger partial charge in [0.15, 0.2) is 23.3 Å². The van der Waals surface area contributed by atoms with Crippen LogP contribution in [-0.4, -0.2) is 198 Å². The maximum atomic E-state index is 10.8. The van der Waals surface area contributed by atoms with Crippen molar-refractivity contribution in [1.82, 2.24) is 82.0 Å². The van der Waals surface area contributed by atoms with Gasteiger partial charge in [0.05, 0.1) is 63.6 Å². The Hall–Kier alpha value is -11.8. The van der Waals surface area contributed by atoms with Crippen LogP contribution in [0.1, 0.15) is 216 Å². The van der Waals surface area contributed by atoms with Crippen molar-refractivity contribution < 1.29 is 25.2 Å². The smallest absolute Gasteiger partial charge is 0.151 e. The van der Waals surface area contributed by atoms with Crippen LogP contribution < -0.4 is 50.5 Å². The lowest BCUT2D eigenvalue weighted by Gasteiger charge is -2.49. The Kier molecular flexibility index (Phi) is 25.3. The van der Waals surface area contributed by atoms with Crippen molar-refractivity contribution in [2.75, 3.05) is 72.9 Å². The van der Waals surface area contributed by atoms with Crippen molar-refractivity contribution in [3.8, 4) is 79.8 Å². The van der Waals surface area contributed by atoms with Crippen molar-refractivity contribution in [2.24, 2.45) is 0 Å². The van der Waals surface area contributed by atoms with Gasteiger partial charge in [0.2, 0.25) is 0 Å². The van der Waals surface area contributed by atoms with Crippen LogP contribution in [0.3, 0.4) is 0 Å². The summed E-state index contributed by atoms with van der Waals surface area (Å²) in [6, 6.07) is 41.5. The molecule has 130 heavy (non-hydrogen) atoms. The van der Waals surface area contributed by atoms with Crippen molar-refractivity contribution in [3.63, 3.8) is 0 Å². The van der Waals surface area contributed by atoms with Gasteiger partial charge in [-0.05, 0) is 311 Å². The number of aryl methyl sites for hydroxylation is 3. The molecule has 0 bridgehead atoms. The lowest BCUT2D eigenvalue weighted by molar-refractivity contribution is 0.160. The molecule has 5 aliphatic heterocycles. The van der Waals surface area contributed by atoms with Crippen LogP contribution in [0.15, 0.2) is 128 Å². The first-order valence-electron chi connectivity index (χ1n) is 45.8. The number of methoxy groups -OCH3 is 1. The van der Waals surface area contributed by atoms with Crippen molar-refractivity contribution in [1.29, 1.82) is 5.26 Å². The van der Waals surface area contributed by atoms with E-state index in [2.05, 4.69) is 264 Å². The van der Waals surface area contributed by atoms with E-state index >= 15 is 0 Å². The molecular formula is C103H132N22O5. The summed E-state index contributed by atoms with van der Waals surface area (Å²) in [5, 5.41) is 107. The van der Waals surface area contributed by atoms with Crippen LogP contribution in [0.2, 0.25) is 0 Å². The molecule has 1 aliphatic carbocycles. The molecule has 6 fully saturated rings. The maximum Gasteiger partial charge on any atom is 0.151 e. The molecule has 8 aromatic heterocycles. The van der Waals surface area contributed by atoms with E-state index in [1.165, 1.54) is 30.5 Å². The predicted molar refractivity (Wildman–Crippen MR) is 523 cm³/mol. The lowest BCUT2D eigenvalue weighted by Crippen LogP contribution is -2.62. The average Bonchev–Trinajstić information content (AvgIpc) is 1.03. The van der Waals surface area contributed by atoms with Crippen molar-refractivity contribution in [3.05, 3.63) is 156 Å². The van der Waals surface area contributed by atoms with Gasteiger partial charge in [-0.1, -0.05) is 0 Å². The number of fused-ring (bicyclic) bond motifs is 4. The third kappa shape index (κ3) is 21.0. The Bertz CT molecular complexity index is 6160. The standard InChI is InChI=1S/C27H36N6O.C27H35N5O.C25H30N6O.C24H31N5O2/c1-17-12-23(33-10-7-11-33)19-13-20(24(34)14-22(19)28-17)21-8-9-25(30-29-21)32(6)18-15-26(2,3)31-27(4,5)16-18;1-16-11-19(17-7-8-17)20-12-21(24(33)13-23(20)28-16)22-9-10-25(30-29-22)32(6)18-14-26(2,3)31-27(4,5)15-18;1-15-9-16(14-26)18-10-19(22(32)11-21(18)27-15)20-7-8-23(29-28-20)31(6)17-12-24(2,3)30-25(4,5)13-17;1-23(2)13-15(14-24(3,4)28-23)29(5)22-8-7-18(26-27-22)16-11-17-19(12-20(16)30)25-10-9-21(17)31-6/h8-9,12-14,18,31,34H,7,10-11,15-16H2,1-6H3;9-13,17-18,31,33H,7-8,14-15H2,1-6H3;7-11,17,30,32H,12-13H2,1-6H3;7-12,15,28,30H,13-14H2,1-6H3. The number of anilines is 5. The molecule has 27 nitrogen and oxygen atoms in total. The van der Waals surface area contributed by atoms with Crippen LogP contribution in [0.5, 0.6) is 28.7 Å². The number of benzene rings is 4. The first-order chi connectivity index (χ1) is 61.1. The predicted octanol–water partition coefficient (Wildman–Crippen LogP) is 18.5. The molecule has 0 radical (unpaired) electrons. The van der Waals surface area contributed by atoms with Gasteiger partial charge in [0, 0.05) is 207 Å². The highest BCUT2D eigenvalue weighted by Gasteiger charge is 2.44. The summed E-state index contributed by atoms with van der Waals surface area (Å²) in [6.45, 7) is 44.0. The highest BCUT2D eigenvalue weighted by Crippen LogP contribution is 2.47. The fourth-order valence-corrected chi connectivity index (χ4v) is 21.5. The number of aromatic nitrogens is 12. The number of ether oxygens (including phenoxy) is 1. The van der Waals surface area contributed by atoms with Gasteiger partial charge < -0.3 is 70.9 Å². The fraction of sp³-hybridized carbons (Fsp3) is 0.485. The van der Waals surface area contributed by atoms with Crippen LogP contribution >= 0.6 is 0 Å². The number of hydrogen-bond donors (Lipinski definition) is 8. The zero-order chi connectivity index (χ0) is 93.4. The molecule has 0 spiro atoms. The largest absolute Gasteiger partial charge is 0.507 e. The molecular weight excluding hydrogens is 1630 g/mol. The molecule has 0 atom stereocenters. The number of piperidine rings is 4. The quantitative estimate of drug-likeness (QED) is 0.0473. The Morgan fingerprint density at radius 2 is 0.685 bits per heavy atom. The SMILES string of the molecule is COc1ccnc2cc(O)c(-c3ccc(N(C)C4CC(C)(C)NC(C)(C)C4)nn3)cc12.Cc1cc(C#N)c2cc(-c3ccc(N(C)C4CC(C)(C)NC(C)(C)C4)nn3)c(O)cc2n1.Cc1cc(C2CC2)c2cc(-c3ccc(N(C)C4CC(C)(C)NC(C)(C)C4)nn3)c(O)cc2n1.Cc1cc(N2CCC2)c2cc(-c3ccc(N(C)C4CC(C)(C)NC(C)(C)C4)nn3)c(O)cc2n1. The van der Waals surface area contributed by atoms with E-state index in [1.807, 2.05) is 87.5 Å². The van der Waals surface area contributed by atoms with Gasteiger partial charge in [-0.3, -0.25) is 19.9 Å². The Morgan fingerprint density at radius 3 is 1.00 bits per heavy atom. The minimum Gasteiger partial charge on any atom is -0.507 e. The van der Waals surface area contributed by atoms with Gasteiger partial charge >= 0.3 is 0 Å². The summed E-state index contributed by atoms with van der Waals surface area (Å²) in [4.78, 5) is 29.3. The zero-order valence-corrected chi connectivity index (χ0v) is 80.5. The van der Waals surface area contributed by atoms with Gasteiger partial charge in [-0.15, -0.1) is 40.8 Å². The number of aromatic hydroxyl groups is 4. The lowest BCUT2D eigenvalue weighted by atomic mass is 9.79. The van der Waals surface area contributed by atoms with Crippen LogP contribution in [0.25, 0.3) is 88.6 Å². The molecule has 18 rings (SSSR count). The zero-order valence-electron chi connectivity index (χ0n) is 80.5. The minimum atomic E-state index is 0.0375. The summed E-state index contributed by atoms with van der Waals surface area (Å²) in [5.41, 5.74) is 14.1. The van der Waals surface area contributed by atoms with E-state index in [-0.39, 0.29) is 67.3 Å². The van der Waals surface area contributed by atoms with Crippen LogP contribution in [0.4, 0.5) is 29.0 Å². The number of pyridine rings is 4. The van der Waals surface area contributed by atoms with E-state index in [9.17, 15) is 25.7 Å². The van der Waals surface area contributed by atoms with Gasteiger partial charge in [-0.25, -0.2) is 0 Å². The maximum absolute atomic E-state index is 10.8. The second kappa shape index (κ2) is 35.5. The minimum absolute atomic E-state index is 0.0375. The van der Waals surface area contributed by atoms with E-state index in [1.54, 1.807) is 55.8 Å². The summed E-state index contributed by atoms with van der Waals surface area (Å²) in [5.74, 6) is 5.18. The summed E-state index contributed by atoms with van der Waals surface area (Å²) in [7, 11) is 9.97. The Balaban J connectivity index is 0.000000133. The third-order valence-corrected chi connectivity index (χ3v) is 26.6. The number of hydrogen-bond acceptors (Lipinski definition) is 27. The number of phenols is 4. The second-order valence-electron chi connectivity index (χ2n) is 42.6. The second-order valence-corrected chi connectivity index (χ2v) is 42.6. The average molecular weight is 1760 g/mol. The van der Waals surface area contributed by atoms with E-state index in [0.29, 0.717) is 103 Å². The molecule has 4 aromatic carbocycles. The molecule has 6 aliphatic rings. The number of nitrogens with zero attached hydrogens (tertiary/aromatic N) is 18. The monoisotopic (exact) mass is 1760 g/mol. The van der Waals surface area contributed by atoms with Crippen LogP contribution in [-0.2, 0) is 0 Å². The molecule has 12 aromatic rings. The highest BCUT2D eigenvalue weighted by atomic mass is 16.5. The fourth-order valence-electron chi connectivity index (χ4n) is 21.5. The molecule has 0 unspecified atom stereocenters. The normalized spacial score (nSPS) is 19.0. The molecule has 8 N–H and O–H groups in total. The summed E-state index contributed by atoms with van der Waals surface area (Å²) in [6.07, 6.45) is 13.5. The molecule has 0 amide bonds. The summed E-state index contributed by atoms with van der Waals surface area (Å²) < 4.78 is 5.44. The Labute approximate surface area is 765 Å². The van der Waals surface area contributed by atoms with Crippen molar-refractivity contribution >= 4 is 72.6 Å². The third-order valence-electron chi connectivity index (χ3n) is 26.6. The van der Waals surface area contributed by atoms with E-state index < -0.39 is 0 Å². The van der Waals surface area contributed by atoms with Gasteiger partial charge in [0.25, 0.3) is 0 Å². The topological polar surface area (TPSA) is 333 Å². The van der Waals surface area contributed by atoms with E-state index in [0.717, 1.165) is 132 Å². The first-order valence-corrected chi connectivity index (χ1v) is 45.8. The van der Waals surface area contributed by atoms with Gasteiger partial charge in [0.1, 0.15) is 28.7 Å². The molecule has 684 valence electrons. The van der Waals surface area contributed by atoms with E-state index in [4.69, 9.17) is 4.74 Å². The Morgan fingerprint density at radius 1 is 0.377 bits per heavy atom. The molecule has 5 saturated heterocycles. The number of nitrogens with one attached hydrogen (secondary N) is 4. The summed E-state index contributed by atoms with van der Waals surface area (Å²) >= 11 is 0.